The Morgan fingerprint density at radius 1 is 0.286 bits per heavy atom. The van der Waals surface area contributed by atoms with Crippen molar-refractivity contribution in [2.45, 2.75) is 37.2 Å². The number of nitrogen functional groups attached to an aromatic ring is 12. The fourth-order valence-electron chi connectivity index (χ4n) is 15.8. The number of ether oxygens (including phenoxy) is 1. The number of carbonyl (C=O) groups is 3. The second-order valence-electron chi connectivity index (χ2n) is 29.6. The van der Waals surface area contributed by atoms with E-state index < -0.39 is 53.1 Å². The van der Waals surface area contributed by atoms with Crippen LogP contribution in [0.15, 0.2) is 309 Å². The molecule has 0 saturated carbocycles. The first-order valence-corrected chi connectivity index (χ1v) is 38.5. The van der Waals surface area contributed by atoms with Gasteiger partial charge < -0.3 is 88.9 Å². The largest absolute Gasteiger partial charge is 0.573 e. The monoisotopic (exact) mass is 1700 g/mol. The van der Waals surface area contributed by atoms with Crippen LogP contribution in [0.3, 0.4) is 0 Å². The van der Waals surface area contributed by atoms with Crippen molar-refractivity contribution >= 4 is 86.2 Å². The molecule has 0 fully saturated rings. The molecule has 2 aliphatic carbocycles. The highest BCUT2D eigenvalue weighted by molar-refractivity contribution is 6.03. The molecule has 0 aliphatic heterocycles. The molecule has 0 bridgehead atoms. The number of carboxylic acid groups (broad SMARTS) is 3. The number of fused-ring (bicyclic) bond motifs is 6. The number of anilines is 12. The average molecular weight is 1710 g/mol. The molecule has 0 amide bonds. The maximum absolute atomic E-state index is 14.6. The predicted octanol–water partition coefficient (Wildman–Crippen LogP) is 20.7. The van der Waals surface area contributed by atoms with Crippen molar-refractivity contribution in [1.82, 2.24) is 0 Å². The summed E-state index contributed by atoms with van der Waals surface area (Å²) in [4.78, 5) is 32.9. The number of rotatable bonds is 11. The number of benzene rings is 15. The number of aromatic carboxylic acids is 3. The molecule has 19 nitrogen and oxygen atoms in total. The number of aryl methyl sites for hydroxylation is 2. The van der Waals surface area contributed by atoms with Gasteiger partial charge in [0, 0.05) is 68.5 Å². The summed E-state index contributed by atoms with van der Waals surface area (Å²) in [6.07, 6.45) is -9.22. The van der Waals surface area contributed by atoms with Crippen molar-refractivity contribution < 1.29 is 69.6 Å². The average Bonchev–Trinajstić information content (AvgIpc) is 1.55. The van der Waals surface area contributed by atoms with Crippen LogP contribution in [0.25, 0.3) is 55.6 Å². The van der Waals surface area contributed by atoms with Crippen LogP contribution in [0.4, 0.5) is 103 Å². The minimum absolute atomic E-state index is 0.0581. The smallest absolute Gasteiger partial charge is 0.478 e. The summed E-state index contributed by atoms with van der Waals surface area (Å²) >= 11 is 0. The minimum atomic E-state index is -4.77. The van der Waals surface area contributed by atoms with Gasteiger partial charge in [-0.05, 0) is 259 Å². The van der Waals surface area contributed by atoms with Gasteiger partial charge in [0.05, 0.1) is 44.5 Å². The molecule has 0 aromatic heterocycles. The second-order valence-corrected chi connectivity index (χ2v) is 29.6. The lowest BCUT2D eigenvalue weighted by Gasteiger charge is -2.34. The maximum Gasteiger partial charge on any atom is 0.573 e. The van der Waals surface area contributed by atoms with Crippen molar-refractivity contribution in [2.24, 2.45) is 0 Å². The van der Waals surface area contributed by atoms with Gasteiger partial charge in [0.25, 0.3) is 0 Å². The van der Waals surface area contributed by atoms with Crippen molar-refractivity contribution in [2.75, 3.05) is 68.8 Å². The lowest BCUT2D eigenvalue weighted by atomic mass is 9.67. The summed E-state index contributed by atoms with van der Waals surface area (Å²) in [5.41, 5.74) is 86.4. The molecular formula is C99H84F8N12O7. The van der Waals surface area contributed by atoms with Gasteiger partial charge in [-0.15, -0.1) is 13.2 Å². The third-order valence-electron chi connectivity index (χ3n) is 21.2. The number of hydrogen-bond acceptors (Lipinski definition) is 16. The highest BCUT2D eigenvalue weighted by atomic mass is 19.4. The van der Waals surface area contributed by atoms with Crippen LogP contribution >= 0.6 is 0 Å². The normalized spacial score (nSPS) is 12.1. The molecule has 126 heavy (non-hydrogen) atoms. The molecule has 27 N–H and O–H groups in total. The Bertz CT molecular complexity index is 6370. The number of alkyl halides is 6. The van der Waals surface area contributed by atoms with Crippen LogP contribution in [-0.2, 0) is 17.0 Å². The van der Waals surface area contributed by atoms with E-state index in [0.29, 0.717) is 67.5 Å². The number of hydrogen-bond donors (Lipinski definition) is 15. The second kappa shape index (κ2) is 36.5. The highest BCUT2D eigenvalue weighted by Crippen LogP contribution is 2.58. The van der Waals surface area contributed by atoms with Gasteiger partial charge in [0.1, 0.15) is 17.4 Å². The molecule has 17 rings (SSSR count). The Balaban J connectivity index is 0.000000140. The van der Waals surface area contributed by atoms with E-state index in [2.05, 4.69) is 77.5 Å². The molecule has 0 heterocycles. The lowest BCUT2D eigenvalue weighted by molar-refractivity contribution is -0.274. The molecular weight excluding hydrogens is 1620 g/mol. The van der Waals surface area contributed by atoms with Crippen molar-refractivity contribution in [3.63, 3.8) is 0 Å². The summed E-state index contributed by atoms with van der Waals surface area (Å²) in [5, 5.41) is 26.9. The molecule has 15 aromatic rings. The van der Waals surface area contributed by atoms with E-state index >= 15 is 0 Å². The topological polar surface area (TPSA) is 433 Å². The van der Waals surface area contributed by atoms with Gasteiger partial charge in [-0.3, -0.25) is 0 Å². The Labute approximate surface area is 718 Å². The van der Waals surface area contributed by atoms with Crippen LogP contribution in [0.5, 0.6) is 5.75 Å². The SMILES string of the molecule is Cc1cc(N)ccc1-c1ccc(N)cc1C(F)(F)F.Cc1cc(N)ccc1-c1ccc(N)cc1OC(F)(F)F.Nc1cc(N)cc(C(=O)O)c1.Nc1ccc(-c2ccc(N)cc2C(=O)O)c(C(=O)O)c1.Nc1ccc(C2(c3ccc(N)c(F)c3)c3ccccc3-c3ccccc32)cc1F.Nc1ccc(C2(c3ccc(N)cc3)c3ccccc3-c3ccccc32)cc1. The van der Waals surface area contributed by atoms with E-state index in [0.717, 1.165) is 51.3 Å². The number of nitrogens with two attached hydrogens (primary N) is 12. The molecule has 0 radical (unpaired) electrons. The maximum atomic E-state index is 14.6. The standard InChI is InChI=1S/C25H18F2N2.C25H20N2.C14H13F3N2O.C14H13F3N2.C14H12N2O4.C7H8N2O2/c26-21-13-15(9-11-23(21)28)25(16-10-12-24(29)22(27)14-16)19-7-3-1-5-17(19)18-6-2-4-8-20(18)25;26-19-13-9-17(10-14-19)25(18-11-15-20(27)16-12-18)23-7-3-1-5-21(23)22-6-2-4-8-24(22)25;1-8-6-9(18)2-4-11(8)12-5-3-10(19)7-13(12)20-14(15,16)17;1-8-6-9(18)2-4-11(8)12-5-3-10(19)7-13(12)14(15,16)17;15-7-1-3-9(11(5-7)13(17)18)10-4-2-8(16)6-12(10)14(19)20;8-5-1-4(7(10)11)2-6(9)3-5/h1-14H,28-29H2;1-16H,26-27H2;2-7H,18-19H2,1H3;2-7H,18-19H2,1H3;1-6H,15-16H2,(H,17,18)(H,19,20);1-3H,8-9H2,(H,10,11). The summed E-state index contributed by atoms with van der Waals surface area (Å²) in [6, 6.07) is 90.0. The molecule has 27 heteroatoms. The Kier molecular flexibility index (Phi) is 25.7. The summed E-state index contributed by atoms with van der Waals surface area (Å²) in [6.45, 7) is 3.49. The van der Waals surface area contributed by atoms with Gasteiger partial charge in [-0.25, -0.2) is 23.2 Å². The molecule has 2 aliphatic rings. The fraction of sp³-hybridized carbons (Fsp3) is 0.0606. The zero-order chi connectivity index (χ0) is 91.0. The summed E-state index contributed by atoms with van der Waals surface area (Å²) in [5.74, 6) is -4.71. The Morgan fingerprint density at radius 3 is 0.929 bits per heavy atom. The number of halogens is 8. The molecule has 0 unspecified atom stereocenters. The minimum Gasteiger partial charge on any atom is -0.478 e. The van der Waals surface area contributed by atoms with Gasteiger partial charge in [-0.1, -0.05) is 164 Å². The zero-order valence-electron chi connectivity index (χ0n) is 67.4. The van der Waals surface area contributed by atoms with Crippen LogP contribution in [0.2, 0.25) is 0 Å². The molecule has 638 valence electrons. The fourth-order valence-corrected chi connectivity index (χ4v) is 15.8. The van der Waals surface area contributed by atoms with Gasteiger partial charge in [0.2, 0.25) is 0 Å². The van der Waals surface area contributed by atoms with E-state index in [-0.39, 0.29) is 67.3 Å². The Morgan fingerprint density at radius 2 is 0.587 bits per heavy atom. The molecule has 0 spiro atoms. The van der Waals surface area contributed by atoms with Gasteiger partial charge in [0.15, 0.2) is 0 Å². The lowest BCUT2D eigenvalue weighted by Crippen LogP contribution is -2.29. The van der Waals surface area contributed by atoms with Gasteiger partial charge >= 0.3 is 30.4 Å². The first-order chi connectivity index (χ1) is 59.8. The summed E-state index contributed by atoms with van der Waals surface area (Å²) < 4.78 is 110. The molecule has 0 atom stereocenters. The van der Waals surface area contributed by atoms with Crippen LogP contribution < -0.4 is 73.5 Å². The van der Waals surface area contributed by atoms with E-state index in [9.17, 15) is 59.7 Å². The van der Waals surface area contributed by atoms with E-state index in [4.69, 9.17) is 73.9 Å². The van der Waals surface area contributed by atoms with E-state index in [1.165, 1.54) is 124 Å². The van der Waals surface area contributed by atoms with Crippen molar-refractivity contribution in [1.29, 1.82) is 0 Å². The number of carboxylic acids is 3. The first kappa shape index (κ1) is 88.8. The van der Waals surface area contributed by atoms with Crippen LogP contribution in [-0.4, -0.2) is 39.6 Å². The summed E-state index contributed by atoms with van der Waals surface area (Å²) in [7, 11) is 0. The van der Waals surface area contributed by atoms with E-state index in [1.54, 1.807) is 62.4 Å². The van der Waals surface area contributed by atoms with Crippen molar-refractivity contribution in [3.8, 4) is 61.4 Å². The Hall–Kier alpha value is -16.5. The zero-order valence-corrected chi connectivity index (χ0v) is 67.4. The van der Waals surface area contributed by atoms with Gasteiger partial charge in [-0.2, -0.15) is 13.2 Å². The van der Waals surface area contributed by atoms with E-state index in [1.807, 2.05) is 84.9 Å². The first-order valence-electron chi connectivity index (χ1n) is 38.5. The van der Waals surface area contributed by atoms with Crippen LogP contribution in [0.1, 0.15) is 92.3 Å². The van der Waals surface area contributed by atoms with Crippen LogP contribution in [0, 0.1) is 25.5 Å². The predicted molar refractivity (Wildman–Crippen MR) is 484 cm³/mol. The third-order valence-corrected chi connectivity index (χ3v) is 21.2. The molecule has 0 saturated heterocycles. The third kappa shape index (κ3) is 18.8. The quantitative estimate of drug-likeness (QED) is 0.0422. The van der Waals surface area contributed by atoms with Crippen molar-refractivity contribution in [3.05, 3.63) is 399 Å². The molecule has 15 aromatic carbocycles. The highest BCUT2D eigenvalue weighted by Gasteiger charge is 2.48.